The molecule has 0 rings (SSSR count). The van der Waals surface area contributed by atoms with Crippen LogP contribution in [0.4, 0.5) is 0 Å². The van der Waals surface area contributed by atoms with Crippen molar-refractivity contribution in [2.75, 3.05) is 13.2 Å². The zero-order valence-electron chi connectivity index (χ0n) is 54.3. The third-order valence-electron chi connectivity index (χ3n) is 16.0. The monoisotopic (exact) mass is 1130 g/mol. The second-order valence-corrected chi connectivity index (χ2v) is 24.1. The molecule has 0 N–H and O–H groups in total. The average Bonchev–Trinajstić information content (AvgIpc) is 3.47. The third-order valence-corrected chi connectivity index (χ3v) is 16.0. The largest absolute Gasteiger partial charge is 0.462 e. The van der Waals surface area contributed by atoms with E-state index < -0.39 is 6.10 Å². The van der Waals surface area contributed by atoms with Gasteiger partial charge in [-0.1, -0.05) is 313 Å². The van der Waals surface area contributed by atoms with E-state index >= 15 is 0 Å². The van der Waals surface area contributed by atoms with Crippen molar-refractivity contribution >= 4 is 17.9 Å². The number of unbranched alkanes of at least 4 members (excludes halogenated alkanes) is 45. The maximum Gasteiger partial charge on any atom is 0.306 e. The molecule has 0 saturated heterocycles. The lowest BCUT2D eigenvalue weighted by atomic mass is 10.0. The SMILES string of the molecule is CCCCCCC/C=C\C/C=C\C/C=C\CCCCCCCCCCCCCCCCC(=O)OCC(COC(=O)CCCCCCCCC/C=C\CCCCCCCC)OC(=O)CCCCCCCCC/C=C\CCCCCCCC. The van der Waals surface area contributed by atoms with Gasteiger partial charge in [0.2, 0.25) is 0 Å². The van der Waals surface area contributed by atoms with Crippen molar-refractivity contribution in [3.05, 3.63) is 60.8 Å². The normalized spacial score (nSPS) is 12.4. The molecule has 0 saturated carbocycles. The maximum absolute atomic E-state index is 12.9. The van der Waals surface area contributed by atoms with Crippen LogP contribution in [-0.2, 0) is 28.6 Å². The number of carbonyl (C=O) groups excluding carboxylic acids is 3. The summed E-state index contributed by atoms with van der Waals surface area (Å²) in [5.74, 6) is -0.861. The molecule has 0 aromatic rings. The first-order chi connectivity index (χ1) is 40.0. The summed E-state index contributed by atoms with van der Waals surface area (Å²) in [7, 11) is 0. The number of esters is 3. The van der Waals surface area contributed by atoms with Gasteiger partial charge < -0.3 is 14.2 Å². The minimum absolute atomic E-state index is 0.0745. The highest BCUT2D eigenvalue weighted by molar-refractivity contribution is 5.71. The highest BCUT2D eigenvalue weighted by Crippen LogP contribution is 2.17. The van der Waals surface area contributed by atoms with Crippen molar-refractivity contribution in [1.29, 1.82) is 0 Å². The Morgan fingerprint density at radius 2 is 0.444 bits per heavy atom. The Morgan fingerprint density at radius 3 is 0.704 bits per heavy atom. The van der Waals surface area contributed by atoms with Gasteiger partial charge in [-0.3, -0.25) is 14.4 Å². The smallest absolute Gasteiger partial charge is 0.306 e. The van der Waals surface area contributed by atoms with Gasteiger partial charge in [-0.05, 0) is 109 Å². The molecule has 0 heterocycles. The second kappa shape index (κ2) is 69.6. The zero-order valence-corrected chi connectivity index (χ0v) is 54.3. The lowest BCUT2D eigenvalue weighted by molar-refractivity contribution is -0.167. The molecule has 0 aromatic heterocycles. The molecule has 0 amide bonds. The molecule has 0 aliphatic rings. The standard InChI is InChI=1S/C75H136O6/c1-4-7-10-13-16-19-22-25-28-31-32-33-34-35-36-37-38-39-40-41-42-45-47-50-53-56-59-62-65-68-74(77)80-71-72(81-75(78)69-66-63-60-57-54-51-48-44-30-27-24-21-18-15-12-9-6-3)70-79-73(76)67-64-61-58-55-52-49-46-43-29-26-23-20-17-14-11-8-5-2/h22,25-27,29-32,34-35,72H,4-21,23-24,28,33,36-71H2,1-3H3/b25-22-,29-26-,30-27-,32-31-,35-34-. The topological polar surface area (TPSA) is 78.9 Å². The first-order valence-corrected chi connectivity index (χ1v) is 35.8. The Bertz CT molecular complexity index is 1440. The van der Waals surface area contributed by atoms with E-state index in [1.54, 1.807) is 0 Å². The van der Waals surface area contributed by atoms with Crippen LogP contribution in [0.15, 0.2) is 60.8 Å². The van der Waals surface area contributed by atoms with Crippen LogP contribution in [0.25, 0.3) is 0 Å². The quantitative estimate of drug-likeness (QED) is 0.0261. The Morgan fingerprint density at radius 1 is 0.247 bits per heavy atom. The zero-order chi connectivity index (χ0) is 58.5. The minimum atomic E-state index is -0.779. The van der Waals surface area contributed by atoms with Gasteiger partial charge in [0.25, 0.3) is 0 Å². The molecule has 0 radical (unpaired) electrons. The molecule has 1 unspecified atom stereocenters. The molecule has 81 heavy (non-hydrogen) atoms. The van der Waals surface area contributed by atoms with E-state index in [9.17, 15) is 14.4 Å². The van der Waals surface area contributed by atoms with Crippen molar-refractivity contribution in [2.45, 2.75) is 386 Å². The Hall–Kier alpha value is -2.89. The lowest BCUT2D eigenvalue weighted by Gasteiger charge is -2.18. The fourth-order valence-corrected chi connectivity index (χ4v) is 10.6. The van der Waals surface area contributed by atoms with Gasteiger partial charge in [-0.25, -0.2) is 0 Å². The van der Waals surface area contributed by atoms with Gasteiger partial charge in [-0.15, -0.1) is 0 Å². The van der Waals surface area contributed by atoms with E-state index in [4.69, 9.17) is 14.2 Å². The summed E-state index contributed by atoms with van der Waals surface area (Å²) in [6.07, 6.45) is 89.6. The average molecular weight is 1130 g/mol. The summed E-state index contributed by atoms with van der Waals surface area (Å²) < 4.78 is 17.0. The number of carbonyl (C=O) groups is 3. The van der Waals surface area contributed by atoms with E-state index in [1.807, 2.05) is 0 Å². The van der Waals surface area contributed by atoms with Crippen molar-refractivity contribution in [2.24, 2.45) is 0 Å². The van der Waals surface area contributed by atoms with Crippen molar-refractivity contribution in [1.82, 2.24) is 0 Å². The Balaban J connectivity index is 4.26. The second-order valence-electron chi connectivity index (χ2n) is 24.1. The molecule has 0 spiro atoms. The summed E-state index contributed by atoms with van der Waals surface area (Å²) in [6.45, 7) is 6.67. The van der Waals surface area contributed by atoms with Crippen LogP contribution in [-0.4, -0.2) is 37.2 Å². The fraction of sp³-hybridized carbons (Fsp3) is 0.827. The molecule has 0 bridgehead atoms. The number of rotatable bonds is 66. The number of ether oxygens (including phenoxy) is 3. The van der Waals surface area contributed by atoms with Gasteiger partial charge in [0, 0.05) is 19.3 Å². The highest BCUT2D eigenvalue weighted by Gasteiger charge is 2.19. The molecule has 0 aliphatic heterocycles. The fourth-order valence-electron chi connectivity index (χ4n) is 10.6. The van der Waals surface area contributed by atoms with Gasteiger partial charge in [-0.2, -0.15) is 0 Å². The molecule has 472 valence electrons. The molecule has 6 heteroatoms. The first kappa shape index (κ1) is 78.1. The van der Waals surface area contributed by atoms with Crippen molar-refractivity contribution in [3.8, 4) is 0 Å². The van der Waals surface area contributed by atoms with Crippen molar-refractivity contribution in [3.63, 3.8) is 0 Å². The number of hydrogen-bond acceptors (Lipinski definition) is 6. The number of allylic oxidation sites excluding steroid dienone is 10. The Labute approximate surface area is 504 Å². The maximum atomic E-state index is 12.9. The van der Waals surface area contributed by atoms with Gasteiger partial charge >= 0.3 is 17.9 Å². The van der Waals surface area contributed by atoms with E-state index in [0.717, 1.165) is 70.6 Å². The summed E-state index contributed by atoms with van der Waals surface area (Å²) in [5.41, 5.74) is 0. The summed E-state index contributed by atoms with van der Waals surface area (Å²) in [6, 6.07) is 0. The molecular weight excluding hydrogens is 997 g/mol. The summed E-state index contributed by atoms with van der Waals surface area (Å²) >= 11 is 0. The molecular formula is C75H136O6. The Kier molecular flexibility index (Phi) is 67.1. The molecule has 0 fully saturated rings. The first-order valence-electron chi connectivity index (χ1n) is 35.8. The van der Waals surface area contributed by atoms with Crippen LogP contribution in [0, 0.1) is 0 Å². The number of hydrogen-bond donors (Lipinski definition) is 0. The molecule has 1 atom stereocenters. The summed E-state index contributed by atoms with van der Waals surface area (Å²) in [5, 5.41) is 0. The van der Waals surface area contributed by atoms with E-state index in [2.05, 4.69) is 81.5 Å². The molecule has 0 aromatic carbocycles. The van der Waals surface area contributed by atoms with Gasteiger partial charge in [0.15, 0.2) is 6.10 Å². The predicted octanol–water partition coefficient (Wildman–Crippen LogP) is 24.7. The summed E-state index contributed by atoms with van der Waals surface area (Å²) in [4.78, 5) is 38.5. The predicted molar refractivity (Wildman–Crippen MR) is 353 cm³/mol. The van der Waals surface area contributed by atoms with Crippen LogP contribution in [0.3, 0.4) is 0 Å². The van der Waals surface area contributed by atoms with Crippen LogP contribution in [0.1, 0.15) is 380 Å². The van der Waals surface area contributed by atoms with Gasteiger partial charge in [0.1, 0.15) is 13.2 Å². The van der Waals surface area contributed by atoms with E-state index in [1.165, 1.54) is 270 Å². The van der Waals surface area contributed by atoms with Gasteiger partial charge in [0.05, 0.1) is 0 Å². The minimum Gasteiger partial charge on any atom is -0.462 e. The van der Waals surface area contributed by atoms with Crippen LogP contribution < -0.4 is 0 Å². The van der Waals surface area contributed by atoms with Crippen molar-refractivity contribution < 1.29 is 28.6 Å². The lowest BCUT2D eigenvalue weighted by Crippen LogP contribution is -2.30. The highest BCUT2D eigenvalue weighted by atomic mass is 16.6. The van der Waals surface area contributed by atoms with E-state index in [-0.39, 0.29) is 31.1 Å². The molecule has 0 aliphatic carbocycles. The molecule has 6 nitrogen and oxygen atoms in total. The van der Waals surface area contributed by atoms with Crippen LogP contribution in [0.5, 0.6) is 0 Å². The van der Waals surface area contributed by atoms with Crippen LogP contribution in [0.2, 0.25) is 0 Å². The third kappa shape index (κ3) is 67.8. The van der Waals surface area contributed by atoms with Crippen LogP contribution >= 0.6 is 0 Å². The van der Waals surface area contributed by atoms with E-state index in [0.29, 0.717) is 19.3 Å².